The molecule has 0 aromatic rings. The van der Waals surface area contributed by atoms with Gasteiger partial charge >= 0.3 is 11.9 Å². The van der Waals surface area contributed by atoms with E-state index in [4.69, 9.17) is 15.9 Å². The molecule has 0 aromatic heterocycles. The number of carboxylic acid groups (broad SMARTS) is 2. The molecule has 0 aromatic carbocycles. The smallest absolute Gasteiger partial charge is 0.322 e. The van der Waals surface area contributed by atoms with Gasteiger partial charge in [-0.3, -0.25) is 19.2 Å². The first-order chi connectivity index (χ1) is 10.6. The van der Waals surface area contributed by atoms with E-state index in [-0.39, 0.29) is 18.6 Å². The third-order valence-electron chi connectivity index (χ3n) is 2.57. The summed E-state index contributed by atoms with van der Waals surface area (Å²) >= 11 is 0.987. The minimum absolute atomic E-state index is 0.0276. The van der Waals surface area contributed by atoms with Crippen molar-refractivity contribution in [1.29, 1.82) is 0 Å². The molecule has 0 aliphatic heterocycles. The first-order valence-corrected chi connectivity index (χ1v) is 7.75. The summed E-state index contributed by atoms with van der Waals surface area (Å²) in [5.41, 5.74) is 4.50. The van der Waals surface area contributed by atoms with Crippen LogP contribution in [0.2, 0.25) is 0 Å². The second-order valence-electron chi connectivity index (χ2n) is 4.65. The minimum atomic E-state index is -1.24. The molecule has 0 aliphatic carbocycles. The molecule has 23 heavy (non-hydrogen) atoms. The number of aliphatic carboxylic acids is 2. The molecule has 0 fully saturated rings. The number of aliphatic hydroxyl groups excluding tert-OH is 1. The minimum Gasteiger partial charge on any atom is -0.480 e. The Kier molecular flexibility index (Phi) is 9.94. The number of amides is 2. The van der Waals surface area contributed by atoms with Crippen molar-refractivity contribution >= 4 is 35.5 Å². The molecule has 0 heterocycles. The molecular formula is C12H21N3O7S. The summed E-state index contributed by atoms with van der Waals surface area (Å²) in [6, 6.07) is -2.24. The van der Waals surface area contributed by atoms with Crippen LogP contribution in [0.5, 0.6) is 0 Å². The second-order valence-corrected chi connectivity index (χ2v) is 6.00. The van der Waals surface area contributed by atoms with Gasteiger partial charge in [0.1, 0.15) is 18.6 Å². The quantitative estimate of drug-likeness (QED) is 0.228. The summed E-state index contributed by atoms with van der Waals surface area (Å²) in [4.78, 5) is 44.6. The Balaban J connectivity index is 4.54. The highest BCUT2D eigenvalue weighted by atomic mass is 32.2. The zero-order valence-corrected chi connectivity index (χ0v) is 13.3. The molecule has 0 rings (SSSR count). The van der Waals surface area contributed by atoms with Gasteiger partial charge in [0.2, 0.25) is 11.8 Å². The van der Waals surface area contributed by atoms with Crippen LogP contribution in [-0.2, 0) is 19.2 Å². The Morgan fingerprint density at radius 1 is 1.22 bits per heavy atom. The fourth-order valence-electron chi connectivity index (χ4n) is 1.38. The molecular weight excluding hydrogens is 330 g/mol. The van der Waals surface area contributed by atoms with E-state index in [1.807, 2.05) is 0 Å². The Morgan fingerprint density at radius 3 is 2.30 bits per heavy atom. The van der Waals surface area contributed by atoms with E-state index in [0.717, 1.165) is 11.8 Å². The molecule has 0 radical (unpaired) electrons. The third-order valence-corrected chi connectivity index (χ3v) is 3.58. The topological polar surface area (TPSA) is 179 Å². The predicted molar refractivity (Wildman–Crippen MR) is 81.6 cm³/mol. The van der Waals surface area contributed by atoms with Crippen LogP contribution in [0, 0.1) is 0 Å². The number of aliphatic hydroxyl groups is 1. The molecule has 132 valence electrons. The van der Waals surface area contributed by atoms with Gasteiger partial charge in [-0.25, -0.2) is 0 Å². The lowest BCUT2D eigenvalue weighted by Gasteiger charge is -2.18. The monoisotopic (exact) mass is 351 g/mol. The largest absolute Gasteiger partial charge is 0.480 e. The zero-order valence-electron chi connectivity index (χ0n) is 12.5. The zero-order chi connectivity index (χ0) is 18.0. The average Bonchev–Trinajstić information content (AvgIpc) is 2.45. The van der Waals surface area contributed by atoms with Crippen molar-refractivity contribution in [3.05, 3.63) is 0 Å². The van der Waals surface area contributed by atoms with E-state index in [2.05, 4.69) is 10.6 Å². The summed E-state index contributed by atoms with van der Waals surface area (Å²) in [7, 11) is 0. The van der Waals surface area contributed by atoms with Gasteiger partial charge in [-0.1, -0.05) is 0 Å². The number of nitrogens with one attached hydrogen (secondary N) is 2. The van der Waals surface area contributed by atoms with Crippen LogP contribution in [0.25, 0.3) is 0 Å². The molecule has 10 nitrogen and oxygen atoms in total. The first-order valence-electron chi connectivity index (χ1n) is 6.70. The third kappa shape index (κ3) is 10.5. The second kappa shape index (κ2) is 10.8. The van der Waals surface area contributed by atoms with Gasteiger partial charge in [0.15, 0.2) is 0 Å². The van der Waals surface area contributed by atoms with Crippen LogP contribution >= 0.6 is 11.8 Å². The molecule has 0 unspecified atom stereocenters. The van der Waals surface area contributed by atoms with Gasteiger partial charge in [-0.05, 0) is 13.3 Å². The van der Waals surface area contributed by atoms with E-state index in [1.165, 1.54) is 6.92 Å². The standard InChI is InChI=1S/C12H21N3O7S/c1-6(16)23-5-8(11(20)14-4-10(18)19)15-9(17)3-2-7(13)12(21)22/h6-8,16H,2-5,13H2,1H3,(H,14,20)(H,15,17)(H,18,19)(H,21,22)/t6-,7-,8-/m0/s1. The number of thioether (sulfide) groups is 1. The van der Waals surface area contributed by atoms with Crippen LogP contribution in [0.3, 0.4) is 0 Å². The van der Waals surface area contributed by atoms with Crippen LogP contribution in [0.1, 0.15) is 19.8 Å². The first kappa shape index (κ1) is 21.1. The molecule has 0 saturated carbocycles. The van der Waals surface area contributed by atoms with E-state index in [1.54, 1.807) is 0 Å². The van der Waals surface area contributed by atoms with Crippen LogP contribution < -0.4 is 16.4 Å². The fraction of sp³-hybridized carbons (Fsp3) is 0.667. The van der Waals surface area contributed by atoms with Crippen molar-refractivity contribution in [2.75, 3.05) is 12.3 Å². The Bertz CT molecular complexity index is 444. The van der Waals surface area contributed by atoms with Gasteiger partial charge < -0.3 is 31.7 Å². The highest BCUT2D eigenvalue weighted by molar-refractivity contribution is 7.99. The molecule has 0 aliphatic rings. The molecule has 7 N–H and O–H groups in total. The number of hydrogen-bond acceptors (Lipinski definition) is 7. The number of carbonyl (C=O) groups is 4. The van der Waals surface area contributed by atoms with Crippen molar-refractivity contribution < 1.29 is 34.5 Å². The number of nitrogens with two attached hydrogens (primary N) is 1. The van der Waals surface area contributed by atoms with Crippen LogP contribution in [0.4, 0.5) is 0 Å². The molecule has 0 spiro atoms. The summed E-state index contributed by atoms with van der Waals surface area (Å²) in [6.07, 6.45) is -0.302. The average molecular weight is 351 g/mol. The lowest BCUT2D eigenvalue weighted by atomic mass is 10.1. The van der Waals surface area contributed by atoms with Crippen molar-refractivity contribution in [2.45, 2.75) is 37.3 Å². The summed E-state index contributed by atoms with van der Waals surface area (Å²) in [5, 5.41) is 30.9. The van der Waals surface area contributed by atoms with Gasteiger partial charge in [0, 0.05) is 12.2 Å². The van der Waals surface area contributed by atoms with Crippen LogP contribution in [0.15, 0.2) is 0 Å². The maximum atomic E-state index is 11.8. The molecule has 11 heteroatoms. The Labute approximate surface area is 136 Å². The molecule has 0 bridgehead atoms. The van der Waals surface area contributed by atoms with Crippen molar-refractivity contribution in [1.82, 2.24) is 10.6 Å². The maximum Gasteiger partial charge on any atom is 0.322 e. The Hall–Kier alpha value is -1.85. The number of carbonyl (C=O) groups excluding carboxylic acids is 2. The van der Waals surface area contributed by atoms with E-state index in [9.17, 15) is 24.3 Å². The summed E-state index contributed by atoms with van der Waals surface area (Å²) < 4.78 is 0. The predicted octanol–water partition coefficient (Wildman–Crippen LogP) is -2.06. The normalized spacial score (nSPS) is 14.4. The highest BCUT2D eigenvalue weighted by Crippen LogP contribution is 2.09. The van der Waals surface area contributed by atoms with E-state index >= 15 is 0 Å². The SMILES string of the molecule is C[C@@H](O)SC[C@H](NC(=O)CC[C@H](N)C(=O)O)C(=O)NCC(=O)O. The van der Waals surface area contributed by atoms with Crippen molar-refractivity contribution in [2.24, 2.45) is 5.73 Å². The number of hydrogen-bond donors (Lipinski definition) is 6. The Morgan fingerprint density at radius 2 is 1.83 bits per heavy atom. The fourth-order valence-corrected chi connectivity index (χ4v) is 2.09. The van der Waals surface area contributed by atoms with Gasteiger partial charge in [0.05, 0.1) is 5.44 Å². The molecule has 2 amide bonds. The summed E-state index contributed by atoms with van der Waals surface area (Å²) in [6.45, 7) is 0.874. The van der Waals surface area contributed by atoms with Crippen molar-refractivity contribution in [3.8, 4) is 0 Å². The summed E-state index contributed by atoms with van der Waals surface area (Å²) in [5.74, 6) is -3.75. The number of rotatable bonds is 11. The van der Waals surface area contributed by atoms with Gasteiger partial charge in [-0.15, -0.1) is 11.8 Å². The number of carboxylic acids is 2. The maximum absolute atomic E-state index is 11.8. The van der Waals surface area contributed by atoms with Crippen molar-refractivity contribution in [3.63, 3.8) is 0 Å². The van der Waals surface area contributed by atoms with Crippen LogP contribution in [-0.4, -0.2) is 68.9 Å². The lowest BCUT2D eigenvalue weighted by molar-refractivity contribution is -0.139. The van der Waals surface area contributed by atoms with E-state index < -0.39 is 47.8 Å². The highest BCUT2D eigenvalue weighted by Gasteiger charge is 2.23. The molecule has 0 saturated heterocycles. The molecule has 3 atom stereocenters. The van der Waals surface area contributed by atoms with E-state index in [0.29, 0.717) is 0 Å². The van der Waals surface area contributed by atoms with Gasteiger partial charge in [-0.2, -0.15) is 0 Å². The lowest BCUT2D eigenvalue weighted by Crippen LogP contribution is -2.49. The van der Waals surface area contributed by atoms with Gasteiger partial charge in [0.25, 0.3) is 0 Å².